The fourth-order valence-corrected chi connectivity index (χ4v) is 2.14. The minimum Gasteiger partial charge on any atom is -0.481 e. The Labute approximate surface area is 91.6 Å². The lowest BCUT2D eigenvalue weighted by Gasteiger charge is -2.29. The number of aliphatic carboxylic acids is 1. The maximum absolute atomic E-state index is 11.0. The van der Waals surface area contributed by atoms with Crippen LogP contribution in [-0.2, 0) is 4.79 Å². The van der Waals surface area contributed by atoms with Crippen LogP contribution in [-0.4, -0.2) is 23.7 Å². The highest BCUT2D eigenvalue weighted by atomic mass is 16.4. The molecule has 0 amide bonds. The van der Waals surface area contributed by atoms with E-state index in [1.165, 1.54) is 0 Å². The summed E-state index contributed by atoms with van der Waals surface area (Å²) in [6.45, 7) is 6.68. The Morgan fingerprint density at radius 1 is 1.47 bits per heavy atom. The SMILES string of the molecule is C=C(C)CCNC1CCCCC1C(=O)O. The molecule has 1 rings (SSSR count). The van der Waals surface area contributed by atoms with Crippen molar-refractivity contribution in [2.24, 2.45) is 5.92 Å². The highest BCUT2D eigenvalue weighted by molar-refractivity contribution is 5.71. The van der Waals surface area contributed by atoms with E-state index < -0.39 is 5.97 Å². The Kier molecular flexibility index (Phi) is 4.82. The van der Waals surface area contributed by atoms with Gasteiger partial charge in [0.05, 0.1) is 5.92 Å². The van der Waals surface area contributed by atoms with Crippen molar-refractivity contribution < 1.29 is 9.90 Å². The molecule has 0 spiro atoms. The lowest BCUT2D eigenvalue weighted by atomic mass is 9.84. The average molecular weight is 211 g/mol. The quantitative estimate of drug-likeness (QED) is 0.685. The van der Waals surface area contributed by atoms with Crippen molar-refractivity contribution in [3.8, 4) is 0 Å². The summed E-state index contributed by atoms with van der Waals surface area (Å²) in [4.78, 5) is 11.0. The second-order valence-corrected chi connectivity index (χ2v) is 4.50. The zero-order chi connectivity index (χ0) is 11.3. The smallest absolute Gasteiger partial charge is 0.308 e. The monoisotopic (exact) mass is 211 g/mol. The van der Waals surface area contributed by atoms with Gasteiger partial charge in [-0.1, -0.05) is 18.4 Å². The Bertz CT molecular complexity index is 238. The number of nitrogens with one attached hydrogen (secondary N) is 1. The van der Waals surface area contributed by atoms with Crippen molar-refractivity contribution in [3.05, 3.63) is 12.2 Å². The Hall–Kier alpha value is -0.830. The molecule has 3 nitrogen and oxygen atoms in total. The molecule has 2 unspecified atom stereocenters. The molecule has 1 fully saturated rings. The zero-order valence-corrected chi connectivity index (χ0v) is 9.46. The van der Waals surface area contributed by atoms with E-state index >= 15 is 0 Å². The van der Waals surface area contributed by atoms with Crippen molar-refractivity contribution in [1.82, 2.24) is 5.32 Å². The fourth-order valence-electron chi connectivity index (χ4n) is 2.14. The molecule has 1 saturated carbocycles. The molecule has 3 heteroatoms. The molecule has 1 aliphatic carbocycles. The zero-order valence-electron chi connectivity index (χ0n) is 9.46. The van der Waals surface area contributed by atoms with Crippen LogP contribution < -0.4 is 5.32 Å². The van der Waals surface area contributed by atoms with Gasteiger partial charge < -0.3 is 10.4 Å². The first-order valence-corrected chi connectivity index (χ1v) is 5.72. The second-order valence-electron chi connectivity index (χ2n) is 4.50. The standard InChI is InChI=1S/C12H21NO2/c1-9(2)7-8-13-11-6-4-3-5-10(11)12(14)15/h10-11,13H,1,3-8H2,2H3,(H,14,15). The van der Waals surface area contributed by atoms with Crippen molar-refractivity contribution in [3.63, 3.8) is 0 Å². The normalized spacial score (nSPS) is 26.2. The van der Waals surface area contributed by atoms with Crippen LogP contribution in [0.25, 0.3) is 0 Å². The lowest BCUT2D eigenvalue weighted by Crippen LogP contribution is -2.42. The summed E-state index contributed by atoms with van der Waals surface area (Å²) in [6, 6.07) is 0.163. The van der Waals surface area contributed by atoms with Crippen molar-refractivity contribution >= 4 is 5.97 Å². The van der Waals surface area contributed by atoms with Gasteiger partial charge in [0.1, 0.15) is 0 Å². The highest BCUT2D eigenvalue weighted by Gasteiger charge is 2.29. The maximum atomic E-state index is 11.0. The molecule has 0 heterocycles. The third-order valence-electron chi connectivity index (χ3n) is 3.04. The molecule has 0 aromatic carbocycles. The topological polar surface area (TPSA) is 49.3 Å². The van der Waals surface area contributed by atoms with Crippen LogP contribution in [0.5, 0.6) is 0 Å². The lowest BCUT2D eigenvalue weighted by molar-refractivity contribution is -0.143. The van der Waals surface area contributed by atoms with Gasteiger partial charge in [-0.2, -0.15) is 0 Å². The predicted octanol–water partition coefficient (Wildman–Crippen LogP) is 2.19. The summed E-state index contributed by atoms with van der Waals surface area (Å²) < 4.78 is 0. The molecular formula is C12H21NO2. The maximum Gasteiger partial charge on any atom is 0.308 e. The summed E-state index contributed by atoms with van der Waals surface area (Å²) >= 11 is 0. The number of hydrogen-bond donors (Lipinski definition) is 2. The van der Waals surface area contributed by atoms with E-state index in [0.29, 0.717) is 0 Å². The second kappa shape index (κ2) is 5.91. The third-order valence-corrected chi connectivity index (χ3v) is 3.04. The fraction of sp³-hybridized carbons (Fsp3) is 0.750. The summed E-state index contributed by atoms with van der Waals surface area (Å²) in [6.07, 6.45) is 4.94. The first kappa shape index (κ1) is 12.2. The average Bonchev–Trinajstić information content (AvgIpc) is 2.17. The van der Waals surface area contributed by atoms with Gasteiger partial charge in [0.25, 0.3) is 0 Å². The Morgan fingerprint density at radius 2 is 2.13 bits per heavy atom. The van der Waals surface area contributed by atoms with E-state index in [2.05, 4.69) is 11.9 Å². The molecule has 0 radical (unpaired) electrons. The highest BCUT2D eigenvalue weighted by Crippen LogP contribution is 2.24. The molecule has 0 aromatic heterocycles. The Balaban J connectivity index is 2.36. The van der Waals surface area contributed by atoms with Crippen LogP contribution in [0.4, 0.5) is 0 Å². The van der Waals surface area contributed by atoms with Crippen LogP contribution in [0.2, 0.25) is 0 Å². The van der Waals surface area contributed by atoms with E-state index in [1.807, 2.05) is 6.92 Å². The molecular weight excluding hydrogens is 190 g/mol. The summed E-state index contributed by atoms with van der Waals surface area (Å²) in [5.41, 5.74) is 1.14. The summed E-state index contributed by atoms with van der Waals surface area (Å²) in [5.74, 6) is -0.841. The van der Waals surface area contributed by atoms with Crippen molar-refractivity contribution in [2.45, 2.75) is 45.1 Å². The van der Waals surface area contributed by atoms with Gasteiger partial charge in [-0.3, -0.25) is 4.79 Å². The molecule has 0 bridgehead atoms. The molecule has 0 aliphatic heterocycles. The minimum atomic E-state index is -0.650. The molecule has 0 saturated heterocycles. The molecule has 86 valence electrons. The van der Waals surface area contributed by atoms with Gasteiger partial charge in [0.2, 0.25) is 0 Å². The van der Waals surface area contributed by atoms with Crippen molar-refractivity contribution in [1.29, 1.82) is 0 Å². The summed E-state index contributed by atoms with van der Waals surface area (Å²) in [7, 11) is 0. The molecule has 1 aliphatic rings. The van der Waals surface area contributed by atoms with E-state index in [4.69, 9.17) is 5.11 Å². The van der Waals surface area contributed by atoms with Crippen LogP contribution in [0, 0.1) is 5.92 Å². The molecule has 0 aromatic rings. The summed E-state index contributed by atoms with van der Waals surface area (Å²) in [5, 5.41) is 12.4. The number of rotatable bonds is 5. The predicted molar refractivity (Wildman–Crippen MR) is 60.8 cm³/mol. The van der Waals surface area contributed by atoms with E-state index in [0.717, 1.165) is 44.2 Å². The first-order valence-electron chi connectivity index (χ1n) is 5.72. The number of carboxylic acids is 1. The Morgan fingerprint density at radius 3 is 2.73 bits per heavy atom. The molecule has 2 atom stereocenters. The van der Waals surface area contributed by atoms with Crippen LogP contribution in [0.15, 0.2) is 12.2 Å². The third kappa shape index (κ3) is 4.04. The van der Waals surface area contributed by atoms with Gasteiger partial charge in [-0.05, 0) is 32.7 Å². The van der Waals surface area contributed by atoms with Crippen LogP contribution in [0.3, 0.4) is 0 Å². The number of carboxylic acid groups (broad SMARTS) is 1. The largest absolute Gasteiger partial charge is 0.481 e. The van der Waals surface area contributed by atoms with Crippen molar-refractivity contribution in [2.75, 3.05) is 6.54 Å². The van der Waals surface area contributed by atoms with Gasteiger partial charge in [-0.15, -0.1) is 6.58 Å². The number of hydrogen-bond acceptors (Lipinski definition) is 2. The van der Waals surface area contributed by atoms with Gasteiger partial charge in [-0.25, -0.2) is 0 Å². The molecule has 15 heavy (non-hydrogen) atoms. The van der Waals surface area contributed by atoms with E-state index in [9.17, 15) is 4.79 Å². The number of carbonyl (C=O) groups is 1. The van der Waals surface area contributed by atoms with E-state index in [1.54, 1.807) is 0 Å². The van der Waals surface area contributed by atoms with Gasteiger partial charge in [0.15, 0.2) is 0 Å². The van der Waals surface area contributed by atoms with Crippen LogP contribution in [0.1, 0.15) is 39.0 Å². The minimum absolute atomic E-state index is 0.163. The van der Waals surface area contributed by atoms with Crippen LogP contribution >= 0.6 is 0 Å². The van der Waals surface area contributed by atoms with E-state index in [-0.39, 0.29) is 12.0 Å². The van der Waals surface area contributed by atoms with Gasteiger partial charge in [0, 0.05) is 6.04 Å². The molecule has 2 N–H and O–H groups in total. The van der Waals surface area contributed by atoms with Gasteiger partial charge >= 0.3 is 5.97 Å². The first-order chi connectivity index (χ1) is 7.11.